The van der Waals surface area contributed by atoms with Crippen LogP contribution in [0.25, 0.3) is 11.4 Å². The Morgan fingerprint density at radius 1 is 1.28 bits per heavy atom. The Morgan fingerprint density at radius 3 is 2.72 bits per heavy atom. The molecule has 0 aliphatic heterocycles. The maximum atomic E-state index is 5.38. The van der Waals surface area contributed by atoms with E-state index in [2.05, 4.69) is 35.8 Å². The quantitative estimate of drug-likeness (QED) is 0.748. The van der Waals surface area contributed by atoms with Gasteiger partial charge in [0.2, 0.25) is 11.7 Å². The average Bonchev–Trinajstić information content (AvgIpc) is 2.98. The van der Waals surface area contributed by atoms with E-state index in [9.17, 15) is 0 Å². The number of benzene rings is 1. The highest BCUT2D eigenvalue weighted by molar-refractivity contribution is 5.54. The van der Waals surface area contributed by atoms with Crippen molar-refractivity contribution in [3.8, 4) is 11.4 Å². The highest BCUT2D eigenvalue weighted by atomic mass is 16.5. The molecule has 0 spiro atoms. The van der Waals surface area contributed by atoms with Gasteiger partial charge in [-0.1, -0.05) is 47.1 Å². The van der Waals surface area contributed by atoms with Crippen LogP contribution in [0.3, 0.4) is 0 Å². The molecular formula is C15H16N2O. The van der Waals surface area contributed by atoms with Gasteiger partial charge in [0, 0.05) is 11.5 Å². The van der Waals surface area contributed by atoms with Gasteiger partial charge < -0.3 is 4.52 Å². The van der Waals surface area contributed by atoms with Crippen LogP contribution in [0, 0.1) is 6.92 Å². The SMILES string of the molecule is C=C1CCC(c2nc(-c3ccc(C)cc3)no2)C1. The highest BCUT2D eigenvalue weighted by Crippen LogP contribution is 2.36. The van der Waals surface area contributed by atoms with Gasteiger partial charge in [-0.2, -0.15) is 4.98 Å². The van der Waals surface area contributed by atoms with E-state index < -0.39 is 0 Å². The Balaban J connectivity index is 1.85. The van der Waals surface area contributed by atoms with E-state index in [4.69, 9.17) is 4.52 Å². The van der Waals surface area contributed by atoms with Crippen molar-refractivity contribution in [3.63, 3.8) is 0 Å². The molecule has 0 saturated heterocycles. The third kappa shape index (κ3) is 2.08. The van der Waals surface area contributed by atoms with Gasteiger partial charge >= 0.3 is 0 Å². The van der Waals surface area contributed by atoms with E-state index >= 15 is 0 Å². The van der Waals surface area contributed by atoms with Crippen molar-refractivity contribution in [1.82, 2.24) is 10.1 Å². The van der Waals surface area contributed by atoms with Crippen molar-refractivity contribution in [3.05, 3.63) is 47.9 Å². The number of aryl methyl sites for hydroxylation is 1. The topological polar surface area (TPSA) is 38.9 Å². The van der Waals surface area contributed by atoms with Crippen LogP contribution in [-0.2, 0) is 0 Å². The summed E-state index contributed by atoms with van der Waals surface area (Å²) in [7, 11) is 0. The summed E-state index contributed by atoms with van der Waals surface area (Å²) in [5.41, 5.74) is 3.53. The van der Waals surface area contributed by atoms with Crippen molar-refractivity contribution in [2.24, 2.45) is 0 Å². The Bertz CT molecular complexity index is 568. The molecule has 3 rings (SSSR count). The van der Waals surface area contributed by atoms with Crippen molar-refractivity contribution in [2.75, 3.05) is 0 Å². The van der Waals surface area contributed by atoms with Gasteiger partial charge in [-0.25, -0.2) is 0 Å². The molecule has 1 aromatic heterocycles. The molecule has 1 fully saturated rings. The van der Waals surface area contributed by atoms with Crippen LogP contribution in [0.2, 0.25) is 0 Å². The molecule has 3 nitrogen and oxygen atoms in total. The second-order valence-electron chi connectivity index (χ2n) is 5.01. The number of nitrogens with zero attached hydrogens (tertiary/aromatic N) is 2. The van der Waals surface area contributed by atoms with E-state index in [0.717, 1.165) is 30.7 Å². The van der Waals surface area contributed by atoms with E-state index in [0.29, 0.717) is 11.7 Å². The molecule has 18 heavy (non-hydrogen) atoms. The zero-order valence-electron chi connectivity index (χ0n) is 10.5. The van der Waals surface area contributed by atoms with E-state index in [1.165, 1.54) is 11.1 Å². The van der Waals surface area contributed by atoms with Crippen LogP contribution in [0.1, 0.15) is 36.6 Å². The summed E-state index contributed by atoms with van der Waals surface area (Å²) in [6, 6.07) is 8.17. The van der Waals surface area contributed by atoms with Gasteiger partial charge in [-0.3, -0.25) is 0 Å². The fraction of sp³-hybridized carbons (Fsp3) is 0.333. The molecule has 0 N–H and O–H groups in total. The molecule has 1 aromatic carbocycles. The predicted octanol–water partition coefficient (Wildman–Crippen LogP) is 3.87. The standard InChI is InChI=1S/C15H16N2O/c1-10-3-6-12(7-4-10)14-16-15(18-17-14)13-8-5-11(2)9-13/h3-4,6-7,13H,2,5,8-9H2,1H3. The van der Waals surface area contributed by atoms with Crippen LogP contribution in [-0.4, -0.2) is 10.1 Å². The molecule has 1 unspecified atom stereocenters. The monoisotopic (exact) mass is 240 g/mol. The number of allylic oxidation sites excluding steroid dienone is 1. The molecule has 1 heterocycles. The number of hydrogen-bond acceptors (Lipinski definition) is 3. The van der Waals surface area contributed by atoms with Crippen molar-refractivity contribution >= 4 is 0 Å². The van der Waals surface area contributed by atoms with Crippen LogP contribution in [0.4, 0.5) is 0 Å². The first-order valence-electron chi connectivity index (χ1n) is 6.29. The maximum Gasteiger partial charge on any atom is 0.230 e. The number of hydrogen-bond donors (Lipinski definition) is 0. The molecule has 1 atom stereocenters. The fourth-order valence-electron chi connectivity index (χ4n) is 2.36. The molecule has 1 saturated carbocycles. The van der Waals surface area contributed by atoms with Crippen molar-refractivity contribution in [2.45, 2.75) is 32.1 Å². The number of aromatic nitrogens is 2. The minimum absolute atomic E-state index is 0.365. The third-order valence-electron chi connectivity index (χ3n) is 3.48. The van der Waals surface area contributed by atoms with Crippen LogP contribution in [0.15, 0.2) is 40.9 Å². The summed E-state index contributed by atoms with van der Waals surface area (Å²) < 4.78 is 5.38. The predicted molar refractivity (Wildman–Crippen MR) is 70.2 cm³/mol. The summed E-state index contributed by atoms with van der Waals surface area (Å²) in [5.74, 6) is 1.80. The van der Waals surface area contributed by atoms with Crippen LogP contribution >= 0.6 is 0 Å². The molecule has 0 amide bonds. The van der Waals surface area contributed by atoms with Gasteiger partial charge in [0.05, 0.1) is 0 Å². The lowest BCUT2D eigenvalue weighted by molar-refractivity contribution is 0.355. The summed E-state index contributed by atoms with van der Waals surface area (Å²) >= 11 is 0. The lowest BCUT2D eigenvalue weighted by atomic mass is 10.1. The zero-order chi connectivity index (χ0) is 12.5. The normalized spacial score (nSPS) is 19.4. The minimum Gasteiger partial charge on any atom is -0.339 e. The van der Waals surface area contributed by atoms with Crippen LogP contribution < -0.4 is 0 Å². The summed E-state index contributed by atoms with van der Waals surface area (Å²) in [4.78, 5) is 4.51. The minimum atomic E-state index is 0.365. The molecule has 1 aliphatic rings. The first-order valence-corrected chi connectivity index (χ1v) is 6.29. The number of rotatable bonds is 2. The Kier molecular flexibility index (Phi) is 2.74. The highest BCUT2D eigenvalue weighted by Gasteiger charge is 2.25. The molecule has 1 aliphatic carbocycles. The molecule has 0 radical (unpaired) electrons. The van der Waals surface area contributed by atoms with Gasteiger partial charge in [-0.05, 0) is 26.2 Å². The first kappa shape index (κ1) is 11.2. The summed E-state index contributed by atoms with van der Waals surface area (Å²) in [5, 5.41) is 4.07. The van der Waals surface area contributed by atoms with Gasteiger partial charge in [0.1, 0.15) is 0 Å². The zero-order valence-corrected chi connectivity index (χ0v) is 10.5. The lowest BCUT2D eigenvalue weighted by Crippen LogP contribution is -1.92. The van der Waals surface area contributed by atoms with E-state index in [-0.39, 0.29) is 0 Å². The van der Waals surface area contributed by atoms with Gasteiger partial charge in [-0.15, -0.1) is 0 Å². The smallest absolute Gasteiger partial charge is 0.230 e. The second kappa shape index (κ2) is 4.41. The second-order valence-corrected chi connectivity index (χ2v) is 5.01. The maximum absolute atomic E-state index is 5.38. The summed E-state index contributed by atoms with van der Waals surface area (Å²) in [6.45, 7) is 6.08. The van der Waals surface area contributed by atoms with Crippen molar-refractivity contribution < 1.29 is 4.52 Å². The largest absolute Gasteiger partial charge is 0.339 e. The van der Waals surface area contributed by atoms with Gasteiger partial charge in [0.15, 0.2) is 0 Å². The molecule has 0 bridgehead atoms. The summed E-state index contributed by atoms with van der Waals surface area (Å²) in [6.07, 6.45) is 3.14. The molecular weight excluding hydrogens is 224 g/mol. The van der Waals surface area contributed by atoms with Gasteiger partial charge in [0.25, 0.3) is 0 Å². The average molecular weight is 240 g/mol. The van der Waals surface area contributed by atoms with E-state index in [1.807, 2.05) is 12.1 Å². The fourth-order valence-corrected chi connectivity index (χ4v) is 2.36. The lowest BCUT2D eigenvalue weighted by Gasteiger charge is -1.99. The first-order chi connectivity index (χ1) is 8.72. The van der Waals surface area contributed by atoms with E-state index in [1.54, 1.807) is 0 Å². The Morgan fingerprint density at radius 2 is 2.06 bits per heavy atom. The van der Waals surface area contributed by atoms with Crippen LogP contribution in [0.5, 0.6) is 0 Å². The molecule has 3 heteroatoms. The van der Waals surface area contributed by atoms with Crippen molar-refractivity contribution in [1.29, 1.82) is 0 Å². The molecule has 92 valence electrons. The Hall–Kier alpha value is -1.90. The molecule has 2 aromatic rings. The third-order valence-corrected chi connectivity index (χ3v) is 3.48. The Labute approximate surface area is 107 Å².